The third kappa shape index (κ3) is 7.18. The molecule has 0 aliphatic rings. The van der Waals surface area contributed by atoms with Gasteiger partial charge in [-0.15, -0.1) is 24.0 Å². The molecule has 0 spiro atoms. The highest BCUT2D eigenvalue weighted by Gasteiger charge is 1.97. The number of rotatable bonds is 7. The highest BCUT2D eigenvalue weighted by atomic mass is 127. The van der Waals surface area contributed by atoms with Crippen LogP contribution in [-0.2, 0) is 11.3 Å². The largest absolute Gasteiger partial charge is 0.497 e. The third-order valence-electron chi connectivity index (χ3n) is 3.24. The Bertz CT molecular complexity index is 645. The average molecular weight is 441 g/mol. The molecule has 0 bridgehead atoms. The summed E-state index contributed by atoms with van der Waals surface area (Å²) in [7, 11) is 1.65. The standard InChI is InChI=1S/C18H23N3O2.HI/c1-14-4-3-5-16(12-14)21-18(19)20-10-11-23-13-15-6-8-17(22-2)9-7-15;/h3-9,12H,10-11,13H2,1-2H3,(H3,19,20,21);1H. The van der Waals surface area contributed by atoms with Gasteiger partial charge in [0.2, 0.25) is 0 Å². The molecule has 0 heterocycles. The Morgan fingerprint density at radius 1 is 1.17 bits per heavy atom. The smallest absolute Gasteiger partial charge is 0.193 e. The summed E-state index contributed by atoms with van der Waals surface area (Å²) in [5.74, 6) is 1.23. The summed E-state index contributed by atoms with van der Waals surface area (Å²) in [6.45, 7) is 3.61. The maximum Gasteiger partial charge on any atom is 0.193 e. The van der Waals surface area contributed by atoms with Crippen LogP contribution in [0.25, 0.3) is 0 Å². The number of guanidine groups is 1. The molecule has 0 saturated carbocycles. The monoisotopic (exact) mass is 441 g/mol. The molecule has 0 saturated heterocycles. The maximum absolute atomic E-state index is 5.85. The third-order valence-corrected chi connectivity index (χ3v) is 3.24. The maximum atomic E-state index is 5.85. The number of nitrogens with zero attached hydrogens (tertiary/aromatic N) is 1. The molecule has 0 fully saturated rings. The first-order valence-corrected chi connectivity index (χ1v) is 7.51. The van der Waals surface area contributed by atoms with Gasteiger partial charge in [0, 0.05) is 5.69 Å². The highest BCUT2D eigenvalue weighted by Crippen LogP contribution is 2.12. The topological polar surface area (TPSA) is 68.9 Å². The lowest BCUT2D eigenvalue weighted by molar-refractivity contribution is 0.128. The van der Waals surface area contributed by atoms with Crippen molar-refractivity contribution in [2.75, 3.05) is 25.6 Å². The Labute approximate surface area is 160 Å². The van der Waals surface area contributed by atoms with Crippen molar-refractivity contribution in [3.05, 3.63) is 59.7 Å². The van der Waals surface area contributed by atoms with Crippen LogP contribution in [0.2, 0.25) is 0 Å². The SMILES string of the molecule is COc1ccc(COCCN=C(N)Nc2cccc(C)c2)cc1.I. The van der Waals surface area contributed by atoms with E-state index in [1.807, 2.05) is 55.5 Å². The fourth-order valence-corrected chi connectivity index (χ4v) is 2.05. The van der Waals surface area contributed by atoms with Crippen LogP contribution in [0, 0.1) is 6.92 Å². The minimum Gasteiger partial charge on any atom is -0.497 e. The summed E-state index contributed by atoms with van der Waals surface area (Å²) in [4.78, 5) is 4.25. The van der Waals surface area contributed by atoms with Crippen molar-refractivity contribution in [2.45, 2.75) is 13.5 Å². The van der Waals surface area contributed by atoms with Crippen molar-refractivity contribution in [3.63, 3.8) is 0 Å². The molecule has 2 rings (SSSR count). The normalized spacial score (nSPS) is 10.8. The first-order chi connectivity index (χ1) is 11.2. The second-order valence-corrected chi connectivity index (χ2v) is 5.16. The molecule has 0 unspecified atom stereocenters. The number of ether oxygens (including phenoxy) is 2. The Morgan fingerprint density at radius 3 is 2.58 bits per heavy atom. The zero-order chi connectivity index (χ0) is 16.5. The number of nitrogens with one attached hydrogen (secondary N) is 1. The molecule has 5 nitrogen and oxygen atoms in total. The predicted octanol–water partition coefficient (Wildman–Crippen LogP) is 3.57. The summed E-state index contributed by atoms with van der Waals surface area (Å²) in [5, 5.41) is 3.06. The molecule has 6 heteroatoms. The van der Waals surface area contributed by atoms with E-state index in [4.69, 9.17) is 15.2 Å². The van der Waals surface area contributed by atoms with E-state index >= 15 is 0 Å². The van der Waals surface area contributed by atoms with Gasteiger partial charge in [-0.2, -0.15) is 0 Å². The van der Waals surface area contributed by atoms with E-state index in [9.17, 15) is 0 Å². The molecule has 2 aromatic rings. The highest BCUT2D eigenvalue weighted by molar-refractivity contribution is 14.0. The molecule has 0 aliphatic carbocycles. The Kier molecular flexibility index (Phi) is 9.18. The van der Waals surface area contributed by atoms with Crippen molar-refractivity contribution >= 4 is 35.6 Å². The van der Waals surface area contributed by atoms with Crippen LogP contribution >= 0.6 is 24.0 Å². The molecular weight excluding hydrogens is 417 g/mol. The van der Waals surface area contributed by atoms with Crippen LogP contribution in [0.1, 0.15) is 11.1 Å². The van der Waals surface area contributed by atoms with Crippen LogP contribution in [0.3, 0.4) is 0 Å². The molecule has 2 aromatic carbocycles. The zero-order valence-corrected chi connectivity index (χ0v) is 16.3. The van der Waals surface area contributed by atoms with Crippen molar-refractivity contribution in [1.29, 1.82) is 0 Å². The average Bonchev–Trinajstić information content (AvgIpc) is 2.55. The fourth-order valence-electron chi connectivity index (χ4n) is 2.05. The number of hydrogen-bond acceptors (Lipinski definition) is 3. The van der Waals surface area contributed by atoms with Crippen LogP contribution in [0.4, 0.5) is 5.69 Å². The molecule has 0 aliphatic heterocycles. The zero-order valence-electron chi connectivity index (χ0n) is 14.0. The van der Waals surface area contributed by atoms with Crippen molar-refractivity contribution in [2.24, 2.45) is 10.7 Å². The Hall–Kier alpha value is -1.80. The minimum absolute atomic E-state index is 0. The lowest BCUT2D eigenvalue weighted by atomic mass is 10.2. The molecule has 0 amide bonds. The van der Waals surface area contributed by atoms with Crippen LogP contribution < -0.4 is 15.8 Å². The first kappa shape index (κ1) is 20.2. The Balaban J connectivity index is 0.00000288. The lowest BCUT2D eigenvalue weighted by Gasteiger charge is -2.07. The molecule has 3 N–H and O–H groups in total. The van der Waals surface area contributed by atoms with Gasteiger partial charge in [0.15, 0.2) is 5.96 Å². The predicted molar refractivity (Wildman–Crippen MR) is 109 cm³/mol. The van der Waals surface area contributed by atoms with Gasteiger partial charge in [0.05, 0.1) is 26.9 Å². The van der Waals surface area contributed by atoms with Gasteiger partial charge >= 0.3 is 0 Å². The number of aliphatic imine (C=N–C) groups is 1. The van der Waals surface area contributed by atoms with E-state index in [0.29, 0.717) is 25.7 Å². The molecule has 0 radical (unpaired) electrons. The van der Waals surface area contributed by atoms with Crippen LogP contribution in [0.5, 0.6) is 5.75 Å². The first-order valence-electron chi connectivity index (χ1n) is 7.51. The van der Waals surface area contributed by atoms with E-state index < -0.39 is 0 Å². The Morgan fingerprint density at radius 2 is 1.92 bits per heavy atom. The summed E-state index contributed by atoms with van der Waals surface area (Å²) < 4.78 is 10.7. The van der Waals surface area contributed by atoms with Crippen LogP contribution in [0.15, 0.2) is 53.5 Å². The lowest BCUT2D eigenvalue weighted by Crippen LogP contribution is -2.23. The van der Waals surface area contributed by atoms with Gasteiger partial charge in [-0.3, -0.25) is 4.99 Å². The quantitative estimate of drug-likeness (QED) is 0.299. The fraction of sp³-hybridized carbons (Fsp3) is 0.278. The number of nitrogens with two attached hydrogens (primary N) is 1. The van der Waals surface area contributed by atoms with Gasteiger partial charge in [-0.05, 0) is 42.3 Å². The molecule has 0 atom stereocenters. The second-order valence-electron chi connectivity index (χ2n) is 5.16. The number of aryl methyl sites for hydroxylation is 1. The van der Waals surface area contributed by atoms with Gasteiger partial charge in [-0.25, -0.2) is 0 Å². The second kappa shape index (κ2) is 10.9. The van der Waals surface area contributed by atoms with E-state index in [2.05, 4.69) is 10.3 Å². The van der Waals surface area contributed by atoms with Gasteiger partial charge in [0.1, 0.15) is 5.75 Å². The van der Waals surface area contributed by atoms with Gasteiger partial charge in [0.25, 0.3) is 0 Å². The van der Waals surface area contributed by atoms with Gasteiger partial charge < -0.3 is 20.5 Å². The van der Waals surface area contributed by atoms with Crippen molar-refractivity contribution in [3.8, 4) is 5.75 Å². The van der Waals surface area contributed by atoms with E-state index in [1.54, 1.807) is 7.11 Å². The number of halogens is 1. The van der Waals surface area contributed by atoms with Crippen molar-refractivity contribution < 1.29 is 9.47 Å². The molecule has 0 aromatic heterocycles. The number of anilines is 1. The van der Waals surface area contributed by atoms with Crippen LogP contribution in [-0.4, -0.2) is 26.2 Å². The summed E-state index contributed by atoms with van der Waals surface area (Å²) in [5.41, 5.74) is 9.06. The molecule has 130 valence electrons. The van der Waals surface area contributed by atoms with Gasteiger partial charge in [-0.1, -0.05) is 24.3 Å². The minimum atomic E-state index is 0. The van der Waals surface area contributed by atoms with E-state index in [1.165, 1.54) is 5.56 Å². The number of hydrogen-bond donors (Lipinski definition) is 2. The number of benzene rings is 2. The number of methoxy groups -OCH3 is 1. The summed E-state index contributed by atoms with van der Waals surface area (Å²) >= 11 is 0. The van der Waals surface area contributed by atoms with Crippen molar-refractivity contribution in [1.82, 2.24) is 0 Å². The summed E-state index contributed by atoms with van der Waals surface area (Å²) in [6, 6.07) is 15.8. The van der Waals surface area contributed by atoms with E-state index in [-0.39, 0.29) is 24.0 Å². The molecular formula is C18H24IN3O2. The summed E-state index contributed by atoms with van der Waals surface area (Å²) in [6.07, 6.45) is 0. The van der Waals surface area contributed by atoms with E-state index in [0.717, 1.165) is 17.0 Å². The molecule has 24 heavy (non-hydrogen) atoms.